The molecule has 2 nitrogen and oxygen atoms in total. The fourth-order valence-corrected chi connectivity index (χ4v) is 1.63. The topological polar surface area (TPSA) is 31.9 Å². The van der Waals surface area contributed by atoms with E-state index in [1.54, 1.807) is 6.92 Å². The van der Waals surface area contributed by atoms with Crippen molar-refractivity contribution in [2.24, 2.45) is 0 Å². The molecule has 0 spiro atoms. The van der Waals surface area contributed by atoms with Gasteiger partial charge in [0.15, 0.2) is 5.72 Å². The van der Waals surface area contributed by atoms with Gasteiger partial charge in [-0.1, -0.05) is 48.5 Å². The number of hydrogen-bond donors (Lipinski definition) is 1. The summed E-state index contributed by atoms with van der Waals surface area (Å²) in [4.78, 5) is 0. The van der Waals surface area contributed by atoms with Crippen LogP contribution >= 0.6 is 0 Å². The number of hydrogen-bond acceptors (Lipinski definition) is 1. The van der Waals surface area contributed by atoms with E-state index < -0.39 is 5.72 Å². The number of benzene rings is 2. The van der Waals surface area contributed by atoms with Gasteiger partial charge in [0.05, 0.1) is 0 Å². The fourth-order valence-electron chi connectivity index (χ4n) is 1.63. The molecule has 0 bridgehead atoms. The van der Waals surface area contributed by atoms with E-state index in [1.165, 1.54) is 0 Å². The number of anilines is 1. The molecular weight excluding hydrogens is 198 g/mol. The molecule has 0 fully saturated rings. The van der Waals surface area contributed by atoms with Gasteiger partial charge in [-0.3, -0.25) is 0 Å². The van der Waals surface area contributed by atoms with Crippen LogP contribution in [0.5, 0.6) is 0 Å². The molecule has 0 aliphatic carbocycles. The van der Waals surface area contributed by atoms with Crippen LogP contribution in [0.3, 0.4) is 0 Å². The zero-order valence-electron chi connectivity index (χ0n) is 9.18. The second-order valence-corrected chi connectivity index (χ2v) is 3.89. The van der Waals surface area contributed by atoms with Crippen molar-refractivity contribution >= 4 is 5.69 Å². The van der Waals surface area contributed by atoms with E-state index in [0.29, 0.717) is 0 Å². The van der Waals surface area contributed by atoms with Crippen molar-refractivity contribution in [2.45, 2.75) is 12.6 Å². The van der Waals surface area contributed by atoms with Crippen molar-refractivity contribution in [3.8, 4) is 0 Å². The third kappa shape index (κ3) is 2.41. The molecule has 2 aromatic rings. The lowest BCUT2D eigenvalue weighted by Crippen LogP contribution is -2.29. The van der Waals surface area contributed by atoms with Crippen molar-refractivity contribution in [3.63, 3.8) is 0 Å². The van der Waals surface area contributed by atoms with Gasteiger partial charge >= 0.3 is 0 Å². The number of rotatable bonds is 3. The Labute approximate surface area is 95.6 Å². The molecule has 0 amide bonds. The zero-order chi connectivity index (χ0) is 11.4. The van der Waals surface area contributed by atoms with Crippen LogP contribution in [0.25, 0.3) is 0 Å². The van der Waals surface area contributed by atoms with Gasteiger partial charge in [0, 0.05) is 11.3 Å². The van der Waals surface area contributed by atoms with E-state index in [-0.39, 0.29) is 0 Å². The van der Waals surface area contributed by atoms with Crippen molar-refractivity contribution < 1.29 is 5.11 Å². The summed E-state index contributed by atoms with van der Waals surface area (Å²) in [6.07, 6.45) is 0. The maximum absolute atomic E-state index is 12.4. The third-order valence-corrected chi connectivity index (χ3v) is 2.48. The Balaban J connectivity index is 2.21. The van der Waals surface area contributed by atoms with Crippen LogP contribution in [0, 0.1) is 0 Å². The molecule has 1 radical (unpaired) electrons. The highest BCUT2D eigenvalue weighted by Gasteiger charge is 2.24. The zero-order valence-corrected chi connectivity index (χ0v) is 9.18. The van der Waals surface area contributed by atoms with Gasteiger partial charge < -0.3 is 5.32 Å². The molecule has 1 unspecified atom stereocenters. The molecule has 0 aliphatic rings. The molecule has 2 aromatic carbocycles. The Hall–Kier alpha value is -1.80. The lowest BCUT2D eigenvalue weighted by molar-refractivity contribution is 0.00896. The van der Waals surface area contributed by atoms with Gasteiger partial charge in [0.25, 0.3) is 0 Å². The monoisotopic (exact) mass is 212 g/mol. The maximum Gasteiger partial charge on any atom is 0.196 e. The highest BCUT2D eigenvalue weighted by atomic mass is 16.3. The summed E-state index contributed by atoms with van der Waals surface area (Å²) in [5.74, 6) is 0. The lowest BCUT2D eigenvalue weighted by Gasteiger charge is -2.23. The average Bonchev–Trinajstić information content (AvgIpc) is 2.31. The quantitative estimate of drug-likeness (QED) is 0.777. The molecule has 0 saturated carbocycles. The van der Waals surface area contributed by atoms with Crippen LogP contribution in [-0.4, -0.2) is 0 Å². The van der Waals surface area contributed by atoms with Crippen molar-refractivity contribution in [2.75, 3.05) is 5.32 Å². The fraction of sp³-hybridized carbons (Fsp3) is 0.143. The first-order valence-corrected chi connectivity index (χ1v) is 5.28. The summed E-state index contributed by atoms with van der Waals surface area (Å²) in [7, 11) is 0. The van der Waals surface area contributed by atoms with Crippen LogP contribution in [0.2, 0.25) is 0 Å². The molecule has 0 aromatic heterocycles. The van der Waals surface area contributed by atoms with E-state index in [2.05, 4.69) is 5.32 Å². The SMILES string of the molecule is CC([O])(Nc1ccccc1)c1ccccc1. The van der Waals surface area contributed by atoms with Crippen LogP contribution < -0.4 is 5.32 Å². The molecule has 0 aliphatic heterocycles. The minimum Gasteiger partial charge on any atom is -0.352 e. The lowest BCUT2D eigenvalue weighted by atomic mass is 10.0. The Morgan fingerprint density at radius 1 is 0.875 bits per heavy atom. The van der Waals surface area contributed by atoms with Gasteiger partial charge in [0.1, 0.15) is 0 Å². The van der Waals surface area contributed by atoms with Gasteiger partial charge in [-0.15, -0.1) is 0 Å². The van der Waals surface area contributed by atoms with Gasteiger partial charge in [-0.05, 0) is 19.1 Å². The van der Waals surface area contributed by atoms with Crippen LogP contribution in [0.4, 0.5) is 5.69 Å². The van der Waals surface area contributed by atoms with Crippen molar-refractivity contribution in [3.05, 3.63) is 66.2 Å². The molecule has 0 saturated heterocycles. The van der Waals surface area contributed by atoms with E-state index >= 15 is 0 Å². The standard InChI is InChI=1S/C14H14NO/c1-14(16,12-8-4-2-5-9-12)15-13-10-6-3-7-11-13/h2-11,15H,1H3. The molecule has 1 atom stereocenters. The Morgan fingerprint density at radius 3 is 1.94 bits per heavy atom. The molecule has 2 rings (SSSR count). The Bertz CT molecular complexity index is 437. The summed E-state index contributed by atoms with van der Waals surface area (Å²) in [5.41, 5.74) is 0.269. The van der Waals surface area contributed by atoms with E-state index in [9.17, 15) is 5.11 Å². The molecular formula is C14H14NO. The summed E-state index contributed by atoms with van der Waals surface area (Å²) < 4.78 is 0. The first-order valence-electron chi connectivity index (χ1n) is 5.28. The first-order chi connectivity index (χ1) is 7.68. The summed E-state index contributed by atoms with van der Waals surface area (Å²) in [6.45, 7) is 1.63. The Kier molecular flexibility index (Phi) is 2.93. The maximum atomic E-state index is 12.4. The van der Waals surface area contributed by atoms with Gasteiger partial charge in [0.2, 0.25) is 0 Å². The predicted molar refractivity (Wildman–Crippen MR) is 64.5 cm³/mol. The van der Waals surface area contributed by atoms with Crippen LogP contribution in [-0.2, 0) is 10.8 Å². The highest BCUT2D eigenvalue weighted by molar-refractivity contribution is 5.46. The molecule has 81 valence electrons. The normalized spacial score (nSPS) is 14.1. The van der Waals surface area contributed by atoms with Crippen molar-refractivity contribution in [1.82, 2.24) is 0 Å². The van der Waals surface area contributed by atoms with Gasteiger partial charge in [-0.2, -0.15) is 0 Å². The van der Waals surface area contributed by atoms with Crippen LogP contribution in [0.15, 0.2) is 60.7 Å². The van der Waals surface area contributed by atoms with Crippen LogP contribution in [0.1, 0.15) is 12.5 Å². The molecule has 2 heteroatoms. The minimum atomic E-state index is -1.30. The van der Waals surface area contributed by atoms with E-state index in [0.717, 1.165) is 11.3 Å². The third-order valence-electron chi connectivity index (χ3n) is 2.48. The number of para-hydroxylation sites is 1. The van der Waals surface area contributed by atoms with Gasteiger partial charge in [-0.25, -0.2) is 5.11 Å². The van der Waals surface area contributed by atoms with E-state index in [4.69, 9.17) is 0 Å². The number of nitrogens with one attached hydrogen (secondary N) is 1. The summed E-state index contributed by atoms with van der Waals surface area (Å²) >= 11 is 0. The molecule has 1 N–H and O–H groups in total. The Morgan fingerprint density at radius 2 is 1.38 bits per heavy atom. The second kappa shape index (κ2) is 4.37. The van der Waals surface area contributed by atoms with E-state index in [1.807, 2.05) is 60.7 Å². The minimum absolute atomic E-state index is 0.735. The molecule has 16 heavy (non-hydrogen) atoms. The largest absolute Gasteiger partial charge is 0.352 e. The second-order valence-electron chi connectivity index (χ2n) is 3.89. The van der Waals surface area contributed by atoms with Crippen molar-refractivity contribution in [1.29, 1.82) is 0 Å². The summed E-state index contributed by atoms with van der Waals surface area (Å²) in [6, 6.07) is 18.8. The average molecular weight is 212 g/mol. The molecule has 0 heterocycles. The first kappa shape index (κ1) is 10.7. The smallest absolute Gasteiger partial charge is 0.196 e. The highest BCUT2D eigenvalue weighted by Crippen LogP contribution is 2.23. The predicted octanol–water partition coefficient (Wildman–Crippen LogP) is 3.40. The summed E-state index contributed by atoms with van der Waals surface area (Å²) in [5, 5.41) is 15.3.